The fraction of sp³-hybridized carbons (Fsp3) is 0.533. The molecule has 6 heteroatoms. The van der Waals surface area contributed by atoms with Gasteiger partial charge >= 0.3 is 5.69 Å². The average Bonchev–Trinajstić information content (AvgIpc) is 3.28. The van der Waals surface area contributed by atoms with Crippen LogP contribution in [-0.4, -0.2) is 35.4 Å². The summed E-state index contributed by atoms with van der Waals surface area (Å²) in [5.41, 5.74) is 0.440. The Balaban J connectivity index is 2.34. The van der Waals surface area contributed by atoms with Gasteiger partial charge in [-0.2, -0.15) is 0 Å². The van der Waals surface area contributed by atoms with Gasteiger partial charge in [0.05, 0.1) is 4.92 Å². The Morgan fingerprint density at radius 1 is 1.43 bits per heavy atom. The lowest BCUT2D eigenvalue weighted by molar-refractivity contribution is -0.384. The van der Waals surface area contributed by atoms with E-state index in [4.69, 9.17) is 0 Å². The molecule has 1 saturated carbocycles. The van der Waals surface area contributed by atoms with Crippen LogP contribution < -0.4 is 5.32 Å². The summed E-state index contributed by atoms with van der Waals surface area (Å²) in [5.74, 6) is 0.306. The first-order valence-electron chi connectivity index (χ1n) is 7.39. The number of nitro benzene ring substituents is 1. The second kappa shape index (κ2) is 6.56. The maximum atomic E-state index is 12.6. The number of nitro groups is 1. The molecule has 1 fully saturated rings. The van der Waals surface area contributed by atoms with E-state index in [1.165, 1.54) is 6.07 Å². The van der Waals surface area contributed by atoms with E-state index in [1.54, 1.807) is 17.0 Å². The summed E-state index contributed by atoms with van der Waals surface area (Å²) in [6, 6.07) is 4.86. The molecule has 0 saturated heterocycles. The molecule has 1 amide bonds. The standard InChI is InChI=1S/C15H21N3O3/c1-3-16-13-7-5-6-12(14(13)18(20)21)15(19)17(4-2)10-11-8-9-11/h5-7,11,16H,3-4,8-10H2,1-2H3. The molecular formula is C15H21N3O3. The molecule has 0 bridgehead atoms. The van der Waals surface area contributed by atoms with Crippen molar-refractivity contribution in [3.63, 3.8) is 0 Å². The normalized spacial score (nSPS) is 13.8. The van der Waals surface area contributed by atoms with Gasteiger partial charge < -0.3 is 10.2 Å². The molecule has 2 rings (SSSR count). The predicted molar refractivity (Wildman–Crippen MR) is 81.6 cm³/mol. The van der Waals surface area contributed by atoms with Crippen molar-refractivity contribution in [1.82, 2.24) is 4.90 Å². The quantitative estimate of drug-likeness (QED) is 0.619. The first-order valence-corrected chi connectivity index (χ1v) is 7.39. The molecule has 0 atom stereocenters. The van der Waals surface area contributed by atoms with Gasteiger partial charge in [0.1, 0.15) is 11.3 Å². The third-order valence-corrected chi connectivity index (χ3v) is 3.66. The number of amides is 1. The number of benzene rings is 1. The second-order valence-electron chi connectivity index (χ2n) is 5.28. The van der Waals surface area contributed by atoms with Gasteiger partial charge in [0, 0.05) is 19.6 Å². The highest BCUT2D eigenvalue weighted by atomic mass is 16.6. The molecule has 1 N–H and O–H groups in total. The fourth-order valence-electron chi connectivity index (χ4n) is 2.38. The highest BCUT2D eigenvalue weighted by Gasteiger charge is 2.30. The first kappa shape index (κ1) is 15.3. The number of carbonyl (C=O) groups is 1. The van der Waals surface area contributed by atoms with E-state index >= 15 is 0 Å². The van der Waals surface area contributed by atoms with Crippen LogP contribution in [0.3, 0.4) is 0 Å². The summed E-state index contributed by atoms with van der Waals surface area (Å²) in [7, 11) is 0. The summed E-state index contributed by atoms with van der Waals surface area (Å²) in [5, 5.41) is 14.3. The third-order valence-electron chi connectivity index (χ3n) is 3.66. The summed E-state index contributed by atoms with van der Waals surface area (Å²) < 4.78 is 0. The Morgan fingerprint density at radius 3 is 2.67 bits per heavy atom. The van der Waals surface area contributed by atoms with Crippen molar-refractivity contribution >= 4 is 17.3 Å². The van der Waals surface area contributed by atoms with E-state index in [2.05, 4.69) is 5.32 Å². The second-order valence-corrected chi connectivity index (χ2v) is 5.28. The summed E-state index contributed by atoms with van der Waals surface area (Å²) in [6.07, 6.45) is 2.28. The maximum Gasteiger partial charge on any atom is 0.305 e. The number of anilines is 1. The lowest BCUT2D eigenvalue weighted by atomic mass is 10.1. The number of carbonyl (C=O) groups excluding carboxylic acids is 1. The molecule has 1 aromatic carbocycles. The molecule has 1 aliphatic carbocycles. The van der Waals surface area contributed by atoms with Gasteiger partial charge in [0.15, 0.2) is 0 Å². The van der Waals surface area contributed by atoms with Crippen molar-refractivity contribution in [2.45, 2.75) is 26.7 Å². The monoisotopic (exact) mass is 291 g/mol. The molecule has 1 aliphatic rings. The molecule has 0 spiro atoms. The Labute approximate surface area is 124 Å². The summed E-state index contributed by atoms with van der Waals surface area (Å²) >= 11 is 0. The molecule has 1 aromatic rings. The van der Waals surface area contributed by atoms with Crippen LogP contribution in [0.2, 0.25) is 0 Å². The predicted octanol–water partition coefficient (Wildman–Crippen LogP) is 2.90. The number of nitrogens with one attached hydrogen (secondary N) is 1. The Bertz CT molecular complexity index is 541. The van der Waals surface area contributed by atoms with Gasteiger partial charge in [0.25, 0.3) is 5.91 Å². The zero-order valence-electron chi connectivity index (χ0n) is 12.5. The van der Waals surface area contributed by atoms with Crippen molar-refractivity contribution < 1.29 is 9.72 Å². The largest absolute Gasteiger partial charge is 0.380 e. The van der Waals surface area contributed by atoms with Crippen molar-refractivity contribution in [1.29, 1.82) is 0 Å². The topological polar surface area (TPSA) is 75.5 Å². The number of para-hydroxylation sites is 1. The number of hydrogen-bond donors (Lipinski definition) is 1. The zero-order chi connectivity index (χ0) is 15.4. The van der Waals surface area contributed by atoms with Gasteiger partial charge in [-0.05, 0) is 44.7 Å². The van der Waals surface area contributed by atoms with Crippen LogP contribution in [0.4, 0.5) is 11.4 Å². The van der Waals surface area contributed by atoms with Gasteiger partial charge in [0.2, 0.25) is 0 Å². The van der Waals surface area contributed by atoms with E-state index in [0.29, 0.717) is 31.2 Å². The fourth-order valence-corrected chi connectivity index (χ4v) is 2.38. The van der Waals surface area contributed by atoms with Gasteiger partial charge in [-0.1, -0.05) is 6.07 Å². The van der Waals surface area contributed by atoms with E-state index in [1.807, 2.05) is 13.8 Å². The summed E-state index contributed by atoms with van der Waals surface area (Å²) in [4.78, 5) is 25.2. The van der Waals surface area contributed by atoms with Crippen LogP contribution in [0.5, 0.6) is 0 Å². The summed E-state index contributed by atoms with van der Waals surface area (Å²) in [6.45, 7) is 5.60. The third kappa shape index (κ3) is 3.51. The minimum Gasteiger partial charge on any atom is -0.380 e. The molecule has 0 aliphatic heterocycles. The molecule has 21 heavy (non-hydrogen) atoms. The number of hydrogen-bond acceptors (Lipinski definition) is 4. The van der Waals surface area contributed by atoms with Crippen LogP contribution in [0.15, 0.2) is 18.2 Å². The highest BCUT2D eigenvalue weighted by Crippen LogP contribution is 2.32. The minimum absolute atomic E-state index is 0.126. The van der Waals surface area contributed by atoms with Crippen LogP contribution in [0.1, 0.15) is 37.0 Å². The van der Waals surface area contributed by atoms with Gasteiger partial charge in [-0.25, -0.2) is 0 Å². The van der Waals surface area contributed by atoms with Crippen molar-refractivity contribution in [2.75, 3.05) is 25.0 Å². The lowest BCUT2D eigenvalue weighted by Crippen LogP contribution is -2.33. The van der Waals surface area contributed by atoms with Gasteiger partial charge in [-0.3, -0.25) is 14.9 Å². The molecular weight excluding hydrogens is 270 g/mol. The van der Waals surface area contributed by atoms with E-state index in [-0.39, 0.29) is 17.2 Å². The van der Waals surface area contributed by atoms with E-state index in [0.717, 1.165) is 12.8 Å². The Kier molecular flexibility index (Phi) is 4.77. The first-order chi connectivity index (χ1) is 10.1. The molecule has 0 radical (unpaired) electrons. The molecule has 114 valence electrons. The van der Waals surface area contributed by atoms with Crippen LogP contribution in [-0.2, 0) is 0 Å². The van der Waals surface area contributed by atoms with E-state index < -0.39 is 4.92 Å². The Hall–Kier alpha value is -2.11. The van der Waals surface area contributed by atoms with Crippen molar-refractivity contribution in [2.24, 2.45) is 5.92 Å². The van der Waals surface area contributed by atoms with Crippen molar-refractivity contribution in [3.8, 4) is 0 Å². The zero-order valence-corrected chi connectivity index (χ0v) is 12.5. The maximum absolute atomic E-state index is 12.6. The molecule has 0 aromatic heterocycles. The molecule has 0 unspecified atom stereocenters. The van der Waals surface area contributed by atoms with Crippen LogP contribution in [0.25, 0.3) is 0 Å². The van der Waals surface area contributed by atoms with Gasteiger partial charge in [-0.15, -0.1) is 0 Å². The lowest BCUT2D eigenvalue weighted by Gasteiger charge is -2.21. The highest BCUT2D eigenvalue weighted by molar-refractivity contribution is 6.00. The molecule has 0 heterocycles. The van der Waals surface area contributed by atoms with Crippen molar-refractivity contribution in [3.05, 3.63) is 33.9 Å². The number of nitrogens with zero attached hydrogens (tertiary/aromatic N) is 2. The van der Waals surface area contributed by atoms with E-state index in [9.17, 15) is 14.9 Å². The average molecular weight is 291 g/mol. The Morgan fingerprint density at radius 2 is 2.14 bits per heavy atom. The van der Waals surface area contributed by atoms with Crippen LogP contribution in [0, 0.1) is 16.0 Å². The smallest absolute Gasteiger partial charge is 0.305 e. The minimum atomic E-state index is -0.476. The van der Waals surface area contributed by atoms with Crippen LogP contribution >= 0.6 is 0 Å². The molecule has 6 nitrogen and oxygen atoms in total. The number of rotatable bonds is 7. The SMILES string of the molecule is CCNc1cccc(C(=O)N(CC)CC2CC2)c1[N+](=O)[O-].